The van der Waals surface area contributed by atoms with Gasteiger partial charge in [-0.15, -0.1) is 0 Å². The highest BCUT2D eigenvalue weighted by molar-refractivity contribution is 5.99. The van der Waals surface area contributed by atoms with Crippen LogP contribution in [0.3, 0.4) is 0 Å². The van der Waals surface area contributed by atoms with E-state index in [9.17, 15) is 14.4 Å². The van der Waals surface area contributed by atoms with E-state index >= 15 is 0 Å². The fraction of sp³-hybridized carbons (Fsp3) is 0.679. The number of hydrogen-bond acceptors (Lipinski definition) is 6. The van der Waals surface area contributed by atoms with Crippen LogP contribution in [0, 0.1) is 11.3 Å². The van der Waals surface area contributed by atoms with E-state index < -0.39 is 17.9 Å². The Morgan fingerprint density at radius 3 is 2.47 bits per heavy atom. The van der Waals surface area contributed by atoms with Gasteiger partial charge in [-0.2, -0.15) is 0 Å². The van der Waals surface area contributed by atoms with E-state index in [-0.39, 0.29) is 35.7 Å². The molecule has 3 aliphatic heterocycles. The van der Waals surface area contributed by atoms with Gasteiger partial charge in [-0.1, -0.05) is 34.1 Å². The SMILES string of the molecule is CCC[C@@H]1CN(C(=O)[C@@H](CC(C)(C)C)c2cc(N3CCN(C)CC3)ccc2C(N)=O)[C@@H]2C(=O)CO[C@H]12. The van der Waals surface area contributed by atoms with Gasteiger partial charge in [-0.3, -0.25) is 14.4 Å². The van der Waals surface area contributed by atoms with Gasteiger partial charge in [0.15, 0.2) is 5.78 Å². The second-order valence-electron chi connectivity index (χ2n) is 12.0. The molecule has 3 fully saturated rings. The third-order valence-electron chi connectivity index (χ3n) is 7.89. The summed E-state index contributed by atoms with van der Waals surface area (Å²) in [5.74, 6) is -1.09. The van der Waals surface area contributed by atoms with Crippen molar-refractivity contribution in [2.75, 3.05) is 51.3 Å². The molecule has 0 bridgehead atoms. The lowest BCUT2D eigenvalue weighted by molar-refractivity contribution is -0.138. The predicted molar refractivity (Wildman–Crippen MR) is 140 cm³/mol. The molecule has 8 nitrogen and oxygen atoms in total. The zero-order valence-electron chi connectivity index (χ0n) is 22.5. The molecule has 3 aliphatic rings. The standard InChI is InChI=1S/C28H42N4O4/c1-6-7-18-16-32(24-23(33)17-36-25(18)24)27(35)22(15-28(2,3)4)21-14-19(8-9-20(21)26(29)34)31-12-10-30(5)11-13-31/h8-9,14,18,22,24-25H,6-7,10-13,15-17H2,1-5H3,(H2,29,34)/t18-,22+,24-,25-/m1/s1. The quantitative estimate of drug-likeness (QED) is 0.621. The molecule has 198 valence electrons. The van der Waals surface area contributed by atoms with Gasteiger partial charge in [0.1, 0.15) is 12.6 Å². The van der Waals surface area contributed by atoms with E-state index in [4.69, 9.17) is 10.5 Å². The van der Waals surface area contributed by atoms with E-state index in [0.717, 1.165) is 44.7 Å². The number of carbonyl (C=O) groups is 3. The molecular formula is C28H42N4O4. The number of rotatable bonds is 7. The van der Waals surface area contributed by atoms with Crippen LogP contribution in [0.4, 0.5) is 5.69 Å². The van der Waals surface area contributed by atoms with Crippen LogP contribution in [0.25, 0.3) is 0 Å². The average Bonchev–Trinajstić information content (AvgIpc) is 3.37. The summed E-state index contributed by atoms with van der Waals surface area (Å²) in [7, 11) is 2.11. The highest BCUT2D eigenvalue weighted by atomic mass is 16.5. The molecule has 4 rings (SSSR count). The van der Waals surface area contributed by atoms with Gasteiger partial charge in [-0.05, 0) is 49.1 Å². The molecule has 0 aromatic heterocycles. The minimum atomic E-state index is -0.575. The van der Waals surface area contributed by atoms with Crippen molar-refractivity contribution >= 4 is 23.3 Å². The number of nitrogens with two attached hydrogens (primary N) is 1. The van der Waals surface area contributed by atoms with Crippen molar-refractivity contribution in [3.8, 4) is 0 Å². The first-order valence-electron chi connectivity index (χ1n) is 13.3. The van der Waals surface area contributed by atoms with E-state index in [0.29, 0.717) is 24.1 Å². The fourth-order valence-electron chi connectivity index (χ4n) is 6.07. The van der Waals surface area contributed by atoms with Crippen LogP contribution in [0.5, 0.6) is 0 Å². The zero-order valence-corrected chi connectivity index (χ0v) is 22.5. The largest absolute Gasteiger partial charge is 0.369 e. The number of primary amides is 1. The summed E-state index contributed by atoms with van der Waals surface area (Å²) in [6, 6.07) is 5.16. The Labute approximate surface area is 215 Å². The average molecular weight is 499 g/mol. The maximum Gasteiger partial charge on any atom is 0.249 e. The van der Waals surface area contributed by atoms with Crippen molar-refractivity contribution in [2.45, 2.75) is 65.0 Å². The second-order valence-corrected chi connectivity index (χ2v) is 12.0. The number of amides is 2. The van der Waals surface area contributed by atoms with Crippen molar-refractivity contribution in [1.29, 1.82) is 0 Å². The van der Waals surface area contributed by atoms with Crippen LogP contribution in [-0.2, 0) is 14.3 Å². The fourth-order valence-corrected chi connectivity index (χ4v) is 6.07. The smallest absolute Gasteiger partial charge is 0.249 e. The second kappa shape index (κ2) is 10.5. The summed E-state index contributed by atoms with van der Waals surface area (Å²) < 4.78 is 5.86. The van der Waals surface area contributed by atoms with E-state index in [1.54, 1.807) is 11.0 Å². The summed E-state index contributed by atoms with van der Waals surface area (Å²) in [4.78, 5) is 46.0. The Morgan fingerprint density at radius 2 is 1.86 bits per heavy atom. The first kappa shape index (κ1) is 26.6. The predicted octanol–water partition coefficient (Wildman–Crippen LogP) is 2.65. The Morgan fingerprint density at radius 1 is 1.17 bits per heavy atom. The molecule has 2 N–H and O–H groups in total. The number of anilines is 1. The van der Waals surface area contributed by atoms with Crippen LogP contribution in [0.1, 0.15) is 68.8 Å². The van der Waals surface area contributed by atoms with Crippen LogP contribution in [-0.4, -0.2) is 85.9 Å². The number of benzene rings is 1. The number of piperazine rings is 1. The minimum absolute atomic E-state index is 0.0252. The molecule has 0 aliphatic carbocycles. The third kappa shape index (κ3) is 5.44. The van der Waals surface area contributed by atoms with Gasteiger partial charge in [0.05, 0.1) is 12.0 Å². The lowest BCUT2D eigenvalue weighted by Gasteiger charge is -2.35. The molecule has 0 spiro atoms. The normalized spacial score (nSPS) is 25.8. The molecule has 3 heterocycles. The first-order valence-corrected chi connectivity index (χ1v) is 13.3. The van der Waals surface area contributed by atoms with Crippen molar-refractivity contribution in [1.82, 2.24) is 9.80 Å². The molecule has 3 saturated heterocycles. The number of ketones is 1. The molecule has 2 amide bonds. The summed E-state index contributed by atoms with van der Waals surface area (Å²) in [5.41, 5.74) is 7.69. The lowest BCUT2D eigenvalue weighted by atomic mass is 9.79. The summed E-state index contributed by atoms with van der Waals surface area (Å²) in [6.07, 6.45) is 2.19. The van der Waals surface area contributed by atoms with Gasteiger partial charge in [0.25, 0.3) is 0 Å². The van der Waals surface area contributed by atoms with Crippen LogP contribution < -0.4 is 10.6 Å². The van der Waals surface area contributed by atoms with E-state index in [1.165, 1.54) is 0 Å². The lowest BCUT2D eigenvalue weighted by Crippen LogP contribution is -2.45. The number of Topliss-reactive ketones (excluding diaryl/α,β-unsaturated/α-hetero) is 1. The molecule has 4 atom stereocenters. The first-order chi connectivity index (χ1) is 17.0. The molecule has 0 radical (unpaired) electrons. The zero-order chi connectivity index (χ0) is 26.2. The van der Waals surface area contributed by atoms with E-state index in [2.05, 4.69) is 44.5 Å². The Bertz CT molecular complexity index is 996. The van der Waals surface area contributed by atoms with Gasteiger partial charge in [-0.25, -0.2) is 0 Å². The molecule has 1 aromatic rings. The highest BCUT2D eigenvalue weighted by Crippen LogP contribution is 2.41. The van der Waals surface area contributed by atoms with Gasteiger partial charge >= 0.3 is 0 Å². The van der Waals surface area contributed by atoms with Gasteiger partial charge in [0.2, 0.25) is 11.8 Å². The maximum absolute atomic E-state index is 14.3. The molecule has 0 saturated carbocycles. The van der Waals surface area contributed by atoms with Crippen LogP contribution in [0.15, 0.2) is 18.2 Å². The monoisotopic (exact) mass is 498 g/mol. The topological polar surface area (TPSA) is 96.2 Å². The van der Waals surface area contributed by atoms with Gasteiger partial charge < -0.3 is 25.2 Å². The number of likely N-dealkylation sites (tertiary alicyclic amines) is 1. The summed E-state index contributed by atoms with van der Waals surface area (Å²) in [5, 5.41) is 0. The number of carbonyl (C=O) groups excluding carboxylic acids is 3. The number of ether oxygens (including phenoxy) is 1. The Hall–Kier alpha value is -2.45. The number of fused-ring (bicyclic) bond motifs is 1. The van der Waals surface area contributed by atoms with Gasteiger partial charge in [0, 0.05) is 49.9 Å². The van der Waals surface area contributed by atoms with Crippen molar-refractivity contribution in [3.63, 3.8) is 0 Å². The third-order valence-corrected chi connectivity index (χ3v) is 7.89. The van der Waals surface area contributed by atoms with Crippen molar-refractivity contribution < 1.29 is 19.1 Å². The van der Waals surface area contributed by atoms with Crippen LogP contribution in [0.2, 0.25) is 0 Å². The summed E-state index contributed by atoms with van der Waals surface area (Å²) >= 11 is 0. The molecular weight excluding hydrogens is 456 g/mol. The maximum atomic E-state index is 14.3. The number of hydrogen-bond donors (Lipinski definition) is 1. The van der Waals surface area contributed by atoms with Crippen LogP contribution >= 0.6 is 0 Å². The Kier molecular flexibility index (Phi) is 7.76. The van der Waals surface area contributed by atoms with Crippen molar-refractivity contribution in [2.24, 2.45) is 17.1 Å². The summed E-state index contributed by atoms with van der Waals surface area (Å²) in [6.45, 7) is 12.6. The highest BCUT2D eigenvalue weighted by Gasteiger charge is 2.53. The van der Waals surface area contributed by atoms with Crippen molar-refractivity contribution in [3.05, 3.63) is 29.3 Å². The molecule has 1 aromatic carbocycles. The molecule has 36 heavy (non-hydrogen) atoms. The van der Waals surface area contributed by atoms with E-state index in [1.807, 2.05) is 12.1 Å². The minimum Gasteiger partial charge on any atom is -0.369 e. The molecule has 0 unspecified atom stereocenters. The number of nitrogens with zero attached hydrogens (tertiary/aromatic N) is 3. The number of likely N-dealkylation sites (N-methyl/N-ethyl adjacent to an activating group) is 1. The molecule has 8 heteroatoms. The Balaban J connectivity index is 1.73.